The number of rotatable bonds is 5. The highest BCUT2D eigenvalue weighted by molar-refractivity contribution is 5.79. The van der Waals surface area contributed by atoms with Gasteiger partial charge in [0.05, 0.1) is 11.6 Å². The summed E-state index contributed by atoms with van der Waals surface area (Å²) >= 11 is 0. The molecule has 1 N–H and O–H groups in total. The van der Waals surface area contributed by atoms with Gasteiger partial charge in [-0.1, -0.05) is 18.2 Å². The molecule has 4 rings (SSSR count). The molecule has 0 radical (unpaired) electrons. The van der Waals surface area contributed by atoms with Crippen molar-refractivity contribution in [1.82, 2.24) is 15.1 Å². The molecule has 0 unspecified atom stereocenters. The molecule has 1 atom stereocenters. The van der Waals surface area contributed by atoms with Crippen molar-refractivity contribution in [3.63, 3.8) is 0 Å². The van der Waals surface area contributed by atoms with Crippen LogP contribution in [0.5, 0.6) is 0 Å². The quantitative estimate of drug-likeness (QED) is 0.684. The van der Waals surface area contributed by atoms with Crippen LogP contribution in [0.4, 0.5) is 14.6 Å². The number of aromatic nitrogens is 2. The molecular formula is C23H22F2N4O2. The van der Waals surface area contributed by atoms with E-state index in [4.69, 9.17) is 0 Å². The van der Waals surface area contributed by atoms with E-state index in [0.29, 0.717) is 31.1 Å². The van der Waals surface area contributed by atoms with Gasteiger partial charge in [0.25, 0.3) is 5.56 Å². The van der Waals surface area contributed by atoms with Crippen molar-refractivity contribution >= 4 is 11.7 Å². The molecule has 0 saturated carbocycles. The first-order chi connectivity index (χ1) is 15.0. The SMILES string of the molecule is O=C(NCc1ccc(F)cc1)[C@@H]1CCCN(c2ccc(=O)n(-c3cccc(F)c3)n2)C1. The van der Waals surface area contributed by atoms with Crippen LogP contribution in [-0.2, 0) is 11.3 Å². The molecule has 1 aromatic heterocycles. The number of carbonyl (C=O) groups excluding carboxylic acids is 1. The van der Waals surface area contributed by atoms with Crippen LogP contribution in [0.1, 0.15) is 18.4 Å². The zero-order valence-corrected chi connectivity index (χ0v) is 16.8. The third-order valence-electron chi connectivity index (χ3n) is 5.34. The second-order valence-electron chi connectivity index (χ2n) is 7.55. The summed E-state index contributed by atoms with van der Waals surface area (Å²) in [4.78, 5) is 26.9. The molecule has 1 amide bonds. The largest absolute Gasteiger partial charge is 0.354 e. The Morgan fingerprint density at radius 3 is 2.65 bits per heavy atom. The molecule has 160 valence electrons. The highest BCUT2D eigenvalue weighted by Crippen LogP contribution is 2.22. The maximum atomic E-state index is 13.6. The number of nitrogens with one attached hydrogen (secondary N) is 1. The average Bonchev–Trinajstić information content (AvgIpc) is 2.79. The first kappa shape index (κ1) is 20.7. The van der Waals surface area contributed by atoms with E-state index in [0.717, 1.165) is 23.1 Å². The molecule has 3 aromatic rings. The maximum absolute atomic E-state index is 13.6. The van der Waals surface area contributed by atoms with Gasteiger partial charge in [-0.25, -0.2) is 8.78 Å². The molecule has 8 heteroatoms. The van der Waals surface area contributed by atoms with Gasteiger partial charge < -0.3 is 10.2 Å². The molecule has 1 fully saturated rings. The van der Waals surface area contributed by atoms with Crippen molar-refractivity contribution in [1.29, 1.82) is 0 Å². The maximum Gasteiger partial charge on any atom is 0.271 e. The number of amides is 1. The summed E-state index contributed by atoms with van der Waals surface area (Å²) in [6.07, 6.45) is 1.55. The van der Waals surface area contributed by atoms with Crippen LogP contribution < -0.4 is 15.8 Å². The summed E-state index contributed by atoms with van der Waals surface area (Å²) in [6, 6.07) is 14.7. The fraction of sp³-hybridized carbons (Fsp3) is 0.261. The molecule has 1 aliphatic heterocycles. The van der Waals surface area contributed by atoms with Crippen LogP contribution in [0.3, 0.4) is 0 Å². The molecule has 1 saturated heterocycles. The topological polar surface area (TPSA) is 67.2 Å². The van der Waals surface area contributed by atoms with Gasteiger partial charge in [0.15, 0.2) is 0 Å². The van der Waals surface area contributed by atoms with E-state index in [9.17, 15) is 18.4 Å². The van der Waals surface area contributed by atoms with Gasteiger partial charge in [-0.15, -0.1) is 5.10 Å². The van der Waals surface area contributed by atoms with Gasteiger partial charge >= 0.3 is 0 Å². The Morgan fingerprint density at radius 1 is 1.06 bits per heavy atom. The highest BCUT2D eigenvalue weighted by atomic mass is 19.1. The average molecular weight is 424 g/mol. The molecule has 6 nitrogen and oxygen atoms in total. The minimum Gasteiger partial charge on any atom is -0.354 e. The molecule has 0 spiro atoms. The van der Waals surface area contributed by atoms with E-state index in [1.165, 1.54) is 36.4 Å². The van der Waals surface area contributed by atoms with Crippen LogP contribution in [-0.4, -0.2) is 28.8 Å². The second kappa shape index (κ2) is 9.07. The number of hydrogen-bond acceptors (Lipinski definition) is 4. The summed E-state index contributed by atoms with van der Waals surface area (Å²) < 4.78 is 27.8. The lowest BCUT2D eigenvalue weighted by atomic mass is 9.97. The molecule has 1 aliphatic rings. The Hall–Kier alpha value is -3.55. The van der Waals surface area contributed by atoms with E-state index >= 15 is 0 Å². The van der Waals surface area contributed by atoms with Crippen LogP contribution in [0.2, 0.25) is 0 Å². The Morgan fingerprint density at radius 2 is 1.87 bits per heavy atom. The first-order valence-corrected chi connectivity index (χ1v) is 10.1. The van der Waals surface area contributed by atoms with Crippen molar-refractivity contribution in [2.75, 3.05) is 18.0 Å². The van der Waals surface area contributed by atoms with Gasteiger partial charge in [-0.05, 0) is 54.8 Å². The second-order valence-corrected chi connectivity index (χ2v) is 7.55. The summed E-state index contributed by atoms with van der Waals surface area (Å²) in [7, 11) is 0. The number of benzene rings is 2. The predicted octanol–water partition coefficient (Wildman–Crippen LogP) is 3.04. The van der Waals surface area contributed by atoms with E-state index in [1.807, 2.05) is 4.90 Å². The van der Waals surface area contributed by atoms with Gasteiger partial charge in [0.2, 0.25) is 5.91 Å². The molecule has 2 aromatic carbocycles. The van der Waals surface area contributed by atoms with Crippen molar-refractivity contribution in [3.05, 3.63) is 88.2 Å². The fourth-order valence-electron chi connectivity index (χ4n) is 3.70. The van der Waals surface area contributed by atoms with E-state index in [1.54, 1.807) is 24.3 Å². The van der Waals surface area contributed by atoms with Crippen molar-refractivity contribution < 1.29 is 13.6 Å². The smallest absolute Gasteiger partial charge is 0.271 e. The fourth-order valence-corrected chi connectivity index (χ4v) is 3.70. The minimum absolute atomic E-state index is 0.0764. The standard InChI is InChI=1S/C23H22F2N4O2/c24-18-8-6-16(7-9-18)14-26-23(31)17-3-2-12-28(15-17)21-10-11-22(30)29(27-21)20-5-1-4-19(25)13-20/h1,4-11,13,17H,2-3,12,14-15H2,(H,26,31)/t17-/m1/s1. The molecule has 0 bridgehead atoms. The van der Waals surface area contributed by atoms with Crippen LogP contribution >= 0.6 is 0 Å². The van der Waals surface area contributed by atoms with Gasteiger partial charge in [0.1, 0.15) is 17.5 Å². The van der Waals surface area contributed by atoms with Crippen LogP contribution in [0.25, 0.3) is 5.69 Å². The zero-order chi connectivity index (χ0) is 21.8. The van der Waals surface area contributed by atoms with Crippen LogP contribution in [0.15, 0.2) is 65.5 Å². The number of halogens is 2. The number of hydrogen-bond donors (Lipinski definition) is 1. The monoisotopic (exact) mass is 424 g/mol. The highest BCUT2D eigenvalue weighted by Gasteiger charge is 2.26. The number of nitrogens with zero attached hydrogens (tertiary/aromatic N) is 3. The lowest BCUT2D eigenvalue weighted by Crippen LogP contribution is -2.43. The van der Waals surface area contributed by atoms with E-state index < -0.39 is 5.82 Å². The van der Waals surface area contributed by atoms with Crippen molar-refractivity contribution in [2.24, 2.45) is 5.92 Å². The minimum atomic E-state index is -0.451. The number of piperidine rings is 1. The lowest BCUT2D eigenvalue weighted by molar-refractivity contribution is -0.125. The molecule has 31 heavy (non-hydrogen) atoms. The third kappa shape index (κ3) is 4.96. The summed E-state index contributed by atoms with van der Waals surface area (Å²) in [5, 5.41) is 7.31. The first-order valence-electron chi connectivity index (χ1n) is 10.1. The molecule has 0 aliphatic carbocycles. The third-order valence-corrected chi connectivity index (χ3v) is 5.34. The Labute approximate surface area is 178 Å². The Kier molecular flexibility index (Phi) is 6.06. The summed E-state index contributed by atoms with van der Waals surface area (Å²) in [5.41, 5.74) is 0.809. The molecule has 2 heterocycles. The van der Waals surface area contributed by atoms with Gasteiger partial charge in [-0.2, -0.15) is 4.68 Å². The van der Waals surface area contributed by atoms with Gasteiger partial charge in [-0.3, -0.25) is 9.59 Å². The van der Waals surface area contributed by atoms with Crippen molar-refractivity contribution in [3.8, 4) is 5.69 Å². The normalized spacial score (nSPS) is 16.2. The Balaban J connectivity index is 1.45. The van der Waals surface area contributed by atoms with Gasteiger partial charge in [0, 0.05) is 25.7 Å². The van der Waals surface area contributed by atoms with E-state index in [2.05, 4.69) is 10.4 Å². The zero-order valence-electron chi connectivity index (χ0n) is 16.8. The summed E-state index contributed by atoms with van der Waals surface area (Å²) in [5.74, 6) is -0.518. The summed E-state index contributed by atoms with van der Waals surface area (Å²) in [6.45, 7) is 1.50. The van der Waals surface area contributed by atoms with Crippen LogP contribution in [0, 0.1) is 17.6 Å². The number of carbonyl (C=O) groups is 1. The van der Waals surface area contributed by atoms with Crippen molar-refractivity contribution in [2.45, 2.75) is 19.4 Å². The lowest BCUT2D eigenvalue weighted by Gasteiger charge is -2.33. The predicted molar refractivity (Wildman–Crippen MR) is 113 cm³/mol. The Bertz CT molecular complexity index is 1130. The number of anilines is 1. The molecular weight excluding hydrogens is 402 g/mol. The van der Waals surface area contributed by atoms with E-state index in [-0.39, 0.29) is 23.2 Å².